The lowest BCUT2D eigenvalue weighted by Crippen LogP contribution is -2.53. The maximum atomic E-state index is 9.08. The fraction of sp³-hybridized carbons (Fsp3) is 0.900. The van der Waals surface area contributed by atoms with Crippen molar-refractivity contribution >= 4 is 0 Å². The molecule has 80 valence electrons. The van der Waals surface area contributed by atoms with Crippen LogP contribution in [0.5, 0.6) is 0 Å². The lowest BCUT2D eigenvalue weighted by atomic mass is 10.0. The second-order valence-electron chi connectivity index (χ2n) is 3.94. The fourth-order valence-corrected chi connectivity index (χ4v) is 1.42. The Balaban J connectivity index is 2.48. The van der Waals surface area contributed by atoms with Gasteiger partial charge in [-0.05, 0) is 32.2 Å². The molecule has 0 aliphatic heterocycles. The Hall–Kier alpha value is -0.630. The summed E-state index contributed by atoms with van der Waals surface area (Å²) >= 11 is 0. The van der Waals surface area contributed by atoms with Gasteiger partial charge in [-0.1, -0.05) is 0 Å². The number of nitrogens with one attached hydrogen (secondary N) is 1. The van der Waals surface area contributed by atoms with Crippen molar-refractivity contribution in [2.75, 3.05) is 20.8 Å². The van der Waals surface area contributed by atoms with Crippen molar-refractivity contribution in [2.24, 2.45) is 5.92 Å². The summed E-state index contributed by atoms with van der Waals surface area (Å²) in [5.41, 5.74) is -0.758. The smallest absolute Gasteiger partial charge is 0.188 e. The normalized spacial score (nSPS) is 20.5. The minimum absolute atomic E-state index is 0.522. The Morgan fingerprint density at radius 1 is 1.50 bits per heavy atom. The molecule has 1 rings (SSSR count). The van der Waals surface area contributed by atoms with Crippen LogP contribution in [0.3, 0.4) is 0 Å². The Morgan fingerprint density at radius 3 is 2.43 bits per heavy atom. The third-order valence-corrected chi connectivity index (χ3v) is 2.59. The number of ether oxygens (including phenoxy) is 2. The first-order valence-electron chi connectivity index (χ1n) is 4.88. The molecule has 1 fully saturated rings. The summed E-state index contributed by atoms with van der Waals surface area (Å²) in [4.78, 5) is 0. The summed E-state index contributed by atoms with van der Waals surface area (Å²) < 4.78 is 10.2. The number of nitrogens with zero attached hydrogens (tertiary/aromatic N) is 1. The van der Waals surface area contributed by atoms with E-state index in [9.17, 15) is 0 Å². The second-order valence-corrected chi connectivity index (χ2v) is 3.94. The minimum Gasteiger partial charge on any atom is -0.353 e. The predicted molar refractivity (Wildman–Crippen MR) is 52.6 cm³/mol. The summed E-state index contributed by atoms with van der Waals surface area (Å²) in [7, 11) is 3.09. The molecule has 1 aliphatic carbocycles. The van der Waals surface area contributed by atoms with Crippen LogP contribution in [0.4, 0.5) is 0 Å². The van der Waals surface area contributed by atoms with Crippen LogP contribution in [-0.2, 0) is 9.47 Å². The van der Waals surface area contributed by atoms with Gasteiger partial charge in [0.25, 0.3) is 0 Å². The van der Waals surface area contributed by atoms with Gasteiger partial charge in [0, 0.05) is 14.2 Å². The summed E-state index contributed by atoms with van der Waals surface area (Å²) in [6.45, 7) is 2.67. The van der Waals surface area contributed by atoms with E-state index < -0.39 is 11.8 Å². The first kappa shape index (κ1) is 11.4. The molecule has 14 heavy (non-hydrogen) atoms. The number of rotatable bonds is 6. The van der Waals surface area contributed by atoms with Gasteiger partial charge in [0.15, 0.2) is 11.8 Å². The van der Waals surface area contributed by atoms with Crippen LogP contribution in [0.25, 0.3) is 0 Å². The highest BCUT2D eigenvalue weighted by Gasteiger charge is 2.36. The highest BCUT2D eigenvalue weighted by atomic mass is 16.7. The molecule has 1 aliphatic rings. The molecule has 0 amide bonds. The zero-order chi connectivity index (χ0) is 10.6. The quantitative estimate of drug-likeness (QED) is 0.644. The van der Waals surface area contributed by atoms with Crippen LogP contribution >= 0.6 is 0 Å². The molecule has 0 saturated heterocycles. The topological polar surface area (TPSA) is 54.3 Å². The fourth-order valence-electron chi connectivity index (χ4n) is 1.42. The van der Waals surface area contributed by atoms with Crippen LogP contribution in [0.15, 0.2) is 0 Å². The molecule has 0 bridgehead atoms. The maximum Gasteiger partial charge on any atom is 0.188 e. The van der Waals surface area contributed by atoms with E-state index in [1.165, 1.54) is 12.8 Å². The van der Waals surface area contributed by atoms with Gasteiger partial charge in [-0.2, -0.15) is 5.26 Å². The predicted octanol–water partition coefficient (Wildman–Crippen LogP) is 0.887. The van der Waals surface area contributed by atoms with E-state index >= 15 is 0 Å². The van der Waals surface area contributed by atoms with Crippen LogP contribution < -0.4 is 5.32 Å². The van der Waals surface area contributed by atoms with Crippen molar-refractivity contribution in [1.29, 1.82) is 5.26 Å². The monoisotopic (exact) mass is 198 g/mol. The van der Waals surface area contributed by atoms with Crippen molar-refractivity contribution in [3.63, 3.8) is 0 Å². The van der Waals surface area contributed by atoms with Crippen molar-refractivity contribution in [3.8, 4) is 6.07 Å². The van der Waals surface area contributed by atoms with Gasteiger partial charge in [-0.25, -0.2) is 0 Å². The molecule has 0 aromatic heterocycles. The summed E-state index contributed by atoms with van der Waals surface area (Å²) in [5, 5.41) is 12.3. The number of methoxy groups -OCH3 is 2. The zero-order valence-corrected chi connectivity index (χ0v) is 9.04. The molecule has 4 nitrogen and oxygen atoms in total. The Kier molecular flexibility index (Phi) is 3.87. The van der Waals surface area contributed by atoms with E-state index in [1.54, 1.807) is 21.1 Å². The van der Waals surface area contributed by atoms with Crippen LogP contribution in [0, 0.1) is 17.2 Å². The van der Waals surface area contributed by atoms with E-state index in [1.807, 2.05) is 0 Å². The third kappa shape index (κ3) is 2.68. The molecule has 1 saturated carbocycles. The van der Waals surface area contributed by atoms with Gasteiger partial charge >= 0.3 is 0 Å². The highest BCUT2D eigenvalue weighted by molar-refractivity contribution is 5.07. The van der Waals surface area contributed by atoms with Crippen molar-refractivity contribution in [2.45, 2.75) is 31.6 Å². The van der Waals surface area contributed by atoms with E-state index in [2.05, 4.69) is 11.4 Å². The SMILES string of the molecule is COC(OC)C(C)(C#N)NCC1CC1. The molecular formula is C10H18N2O2. The summed E-state index contributed by atoms with van der Waals surface area (Å²) in [5.74, 6) is 0.733. The Labute approximate surface area is 85.2 Å². The largest absolute Gasteiger partial charge is 0.353 e. The number of hydrogen-bond donors (Lipinski definition) is 1. The third-order valence-electron chi connectivity index (χ3n) is 2.59. The number of hydrogen-bond acceptors (Lipinski definition) is 4. The molecule has 0 aromatic carbocycles. The first-order chi connectivity index (χ1) is 6.66. The lowest BCUT2D eigenvalue weighted by molar-refractivity contribution is -0.137. The van der Waals surface area contributed by atoms with E-state index in [-0.39, 0.29) is 0 Å². The van der Waals surface area contributed by atoms with Crippen molar-refractivity contribution < 1.29 is 9.47 Å². The van der Waals surface area contributed by atoms with Gasteiger partial charge in [0.05, 0.1) is 6.07 Å². The van der Waals surface area contributed by atoms with E-state index in [4.69, 9.17) is 14.7 Å². The molecule has 4 heteroatoms. The first-order valence-corrected chi connectivity index (χ1v) is 4.88. The second kappa shape index (κ2) is 4.74. The highest BCUT2D eigenvalue weighted by Crippen LogP contribution is 2.28. The molecule has 1 atom stereocenters. The van der Waals surface area contributed by atoms with Crippen LogP contribution in [0.1, 0.15) is 19.8 Å². The molecule has 0 heterocycles. The van der Waals surface area contributed by atoms with Crippen LogP contribution in [-0.4, -0.2) is 32.6 Å². The zero-order valence-electron chi connectivity index (χ0n) is 9.04. The van der Waals surface area contributed by atoms with Gasteiger partial charge in [0.2, 0.25) is 0 Å². The lowest BCUT2D eigenvalue weighted by Gasteiger charge is -2.30. The average molecular weight is 198 g/mol. The van der Waals surface area contributed by atoms with Gasteiger partial charge in [-0.3, -0.25) is 5.32 Å². The Bertz CT molecular complexity index is 219. The average Bonchev–Trinajstić information content (AvgIpc) is 3.00. The minimum atomic E-state index is -0.758. The summed E-state index contributed by atoms with van der Waals surface area (Å²) in [6.07, 6.45) is 2.00. The molecule has 0 spiro atoms. The maximum absolute atomic E-state index is 9.08. The molecule has 0 radical (unpaired) electrons. The van der Waals surface area contributed by atoms with Crippen LogP contribution in [0.2, 0.25) is 0 Å². The van der Waals surface area contributed by atoms with Crippen molar-refractivity contribution in [3.05, 3.63) is 0 Å². The van der Waals surface area contributed by atoms with Crippen molar-refractivity contribution in [1.82, 2.24) is 5.32 Å². The molecule has 1 N–H and O–H groups in total. The van der Waals surface area contributed by atoms with E-state index in [0.717, 1.165) is 12.5 Å². The van der Waals surface area contributed by atoms with Gasteiger partial charge in [-0.15, -0.1) is 0 Å². The standard InChI is InChI=1S/C10H18N2O2/c1-10(7-11,9(13-2)14-3)12-6-8-4-5-8/h8-9,12H,4-6H2,1-3H3. The molecule has 1 unspecified atom stereocenters. The Morgan fingerprint density at radius 2 is 2.07 bits per heavy atom. The van der Waals surface area contributed by atoms with E-state index in [0.29, 0.717) is 0 Å². The molecular weight excluding hydrogens is 180 g/mol. The molecule has 0 aromatic rings. The van der Waals surface area contributed by atoms with Gasteiger partial charge in [0.1, 0.15) is 0 Å². The van der Waals surface area contributed by atoms with Gasteiger partial charge < -0.3 is 9.47 Å². The number of nitriles is 1. The summed E-state index contributed by atoms with van der Waals surface area (Å²) in [6, 6.07) is 2.20.